The van der Waals surface area contributed by atoms with Crippen LogP contribution in [0.1, 0.15) is 33.6 Å². The topological polar surface area (TPSA) is 110 Å². The fraction of sp³-hybridized carbons (Fsp3) is 0.667. The monoisotopic (exact) mass is 305 g/mol. The Hall–Kier alpha value is -1.89. The Kier molecular flexibility index (Phi) is 3.28. The van der Waals surface area contributed by atoms with Crippen molar-refractivity contribution >= 4 is 17.1 Å². The number of nitrogens with two attached hydrogens (primary N) is 1. The molecule has 0 spiro atoms. The van der Waals surface area contributed by atoms with Crippen LogP contribution in [0.5, 0.6) is 0 Å². The van der Waals surface area contributed by atoms with Gasteiger partial charge in [0.05, 0.1) is 6.33 Å². The zero-order valence-electron chi connectivity index (χ0n) is 13.3. The maximum Gasteiger partial charge on any atom is 0.280 e. The molecule has 2 aromatic rings. The summed E-state index contributed by atoms with van der Waals surface area (Å²) in [6, 6.07) is 0. The Morgan fingerprint density at radius 2 is 2.23 bits per heavy atom. The summed E-state index contributed by atoms with van der Waals surface area (Å²) in [6.07, 6.45) is 3.67. The first-order valence-electron chi connectivity index (χ1n) is 7.60. The molecule has 7 nitrogen and oxygen atoms in total. The van der Waals surface area contributed by atoms with Crippen LogP contribution in [0.15, 0.2) is 11.1 Å². The van der Waals surface area contributed by atoms with E-state index in [0.717, 1.165) is 19.4 Å². The minimum absolute atomic E-state index is 0.00884. The van der Waals surface area contributed by atoms with Crippen molar-refractivity contribution in [2.24, 2.45) is 16.7 Å². The molecule has 2 atom stereocenters. The summed E-state index contributed by atoms with van der Waals surface area (Å²) in [5.41, 5.74) is 6.07. The highest BCUT2D eigenvalue weighted by Crippen LogP contribution is 2.56. The summed E-state index contributed by atoms with van der Waals surface area (Å²) in [5, 5.41) is 9.76. The van der Waals surface area contributed by atoms with Gasteiger partial charge in [0.25, 0.3) is 5.56 Å². The molecule has 0 unspecified atom stereocenters. The van der Waals surface area contributed by atoms with Crippen LogP contribution >= 0.6 is 0 Å². The van der Waals surface area contributed by atoms with E-state index in [-0.39, 0.29) is 28.9 Å². The van der Waals surface area contributed by atoms with E-state index < -0.39 is 0 Å². The van der Waals surface area contributed by atoms with Crippen molar-refractivity contribution < 1.29 is 5.11 Å². The zero-order chi connectivity index (χ0) is 16.1. The van der Waals surface area contributed by atoms with Crippen molar-refractivity contribution in [2.75, 3.05) is 12.3 Å². The van der Waals surface area contributed by atoms with Gasteiger partial charge in [0, 0.05) is 13.2 Å². The van der Waals surface area contributed by atoms with E-state index in [1.165, 1.54) is 0 Å². The van der Waals surface area contributed by atoms with E-state index in [0.29, 0.717) is 17.1 Å². The number of aliphatic hydroxyl groups is 1. The summed E-state index contributed by atoms with van der Waals surface area (Å²) in [5.74, 6) is 0.481. The molecular formula is C15H23N5O2. The number of aliphatic hydroxyl groups excluding tert-OH is 1. The molecule has 0 bridgehead atoms. The molecule has 0 aromatic carbocycles. The average molecular weight is 305 g/mol. The number of anilines is 1. The van der Waals surface area contributed by atoms with Crippen molar-refractivity contribution in [1.29, 1.82) is 0 Å². The molecule has 22 heavy (non-hydrogen) atoms. The molecule has 3 rings (SSSR count). The van der Waals surface area contributed by atoms with Crippen LogP contribution in [0.2, 0.25) is 0 Å². The summed E-state index contributed by atoms with van der Waals surface area (Å²) in [7, 11) is 0. The number of nitrogens with zero attached hydrogens (tertiary/aromatic N) is 3. The van der Waals surface area contributed by atoms with Gasteiger partial charge in [-0.3, -0.25) is 9.78 Å². The largest absolute Gasteiger partial charge is 0.396 e. The zero-order valence-corrected chi connectivity index (χ0v) is 13.3. The van der Waals surface area contributed by atoms with Crippen LogP contribution in [-0.4, -0.2) is 31.2 Å². The van der Waals surface area contributed by atoms with Crippen molar-refractivity contribution in [3.8, 4) is 0 Å². The molecule has 4 N–H and O–H groups in total. The standard InChI is InChI=1S/C15H23N5O2/c1-14(2)9(4-5-15(14,3)7-21)6-20-8-17-10-11(20)18-13(16)19-12(10)22/h8-9,21H,4-7H2,1-3H3,(H3,16,18,19,22)/t9-,15+/m1/s1. The molecule has 1 aliphatic rings. The van der Waals surface area contributed by atoms with E-state index in [1.807, 2.05) is 4.57 Å². The molecule has 2 aromatic heterocycles. The Labute approximate surface area is 128 Å². The molecular weight excluding hydrogens is 282 g/mol. The third kappa shape index (κ3) is 2.03. The Morgan fingerprint density at radius 1 is 1.50 bits per heavy atom. The lowest BCUT2D eigenvalue weighted by Crippen LogP contribution is -2.38. The van der Waals surface area contributed by atoms with E-state index in [9.17, 15) is 9.90 Å². The summed E-state index contributed by atoms with van der Waals surface area (Å²) >= 11 is 0. The first-order valence-corrected chi connectivity index (χ1v) is 7.60. The van der Waals surface area contributed by atoms with E-state index >= 15 is 0 Å². The molecule has 1 aliphatic carbocycles. The average Bonchev–Trinajstić information content (AvgIpc) is 2.94. The predicted octanol–water partition coefficient (Wildman–Crippen LogP) is 1.14. The van der Waals surface area contributed by atoms with Gasteiger partial charge in [0.1, 0.15) is 0 Å². The number of imidazole rings is 1. The number of hydrogen-bond acceptors (Lipinski definition) is 5. The number of nitrogen functional groups attached to an aromatic ring is 1. The second-order valence-corrected chi connectivity index (χ2v) is 7.20. The van der Waals surface area contributed by atoms with Crippen LogP contribution in [0.3, 0.4) is 0 Å². The Bertz CT molecular complexity index is 763. The highest BCUT2D eigenvalue weighted by molar-refractivity contribution is 5.70. The first kappa shape index (κ1) is 15.0. The van der Waals surface area contributed by atoms with Gasteiger partial charge in [-0.15, -0.1) is 0 Å². The molecule has 120 valence electrons. The number of rotatable bonds is 3. The highest BCUT2D eigenvalue weighted by atomic mass is 16.3. The Morgan fingerprint density at radius 3 is 2.86 bits per heavy atom. The lowest BCUT2D eigenvalue weighted by atomic mass is 9.66. The molecule has 1 fully saturated rings. The highest BCUT2D eigenvalue weighted by Gasteiger charge is 2.50. The predicted molar refractivity (Wildman–Crippen MR) is 84.3 cm³/mol. The summed E-state index contributed by atoms with van der Waals surface area (Å²) in [4.78, 5) is 22.7. The number of fused-ring (bicyclic) bond motifs is 1. The lowest BCUT2D eigenvalue weighted by Gasteiger charge is -2.40. The number of aromatic nitrogens is 4. The smallest absolute Gasteiger partial charge is 0.280 e. The number of nitrogens with one attached hydrogen (secondary N) is 1. The van der Waals surface area contributed by atoms with Crippen molar-refractivity contribution in [3.63, 3.8) is 0 Å². The maximum atomic E-state index is 11.8. The van der Waals surface area contributed by atoms with Crippen LogP contribution in [0.25, 0.3) is 11.2 Å². The van der Waals surface area contributed by atoms with Gasteiger partial charge >= 0.3 is 0 Å². The van der Waals surface area contributed by atoms with E-state index in [1.54, 1.807) is 6.33 Å². The van der Waals surface area contributed by atoms with Crippen LogP contribution in [0, 0.1) is 16.7 Å². The van der Waals surface area contributed by atoms with Gasteiger partial charge in [-0.2, -0.15) is 4.98 Å². The SMILES string of the molecule is CC1(C)[C@@H](Cn2cnc3c(=O)[nH]c(N)nc32)CC[C@@]1(C)CO. The van der Waals surface area contributed by atoms with Gasteiger partial charge in [-0.25, -0.2) is 4.98 Å². The van der Waals surface area contributed by atoms with E-state index in [4.69, 9.17) is 5.73 Å². The van der Waals surface area contributed by atoms with Crippen LogP contribution in [0.4, 0.5) is 5.95 Å². The van der Waals surface area contributed by atoms with Gasteiger partial charge in [-0.1, -0.05) is 20.8 Å². The molecule has 0 aliphatic heterocycles. The van der Waals surface area contributed by atoms with Gasteiger partial charge in [0.15, 0.2) is 11.2 Å². The maximum absolute atomic E-state index is 11.8. The molecule has 7 heteroatoms. The van der Waals surface area contributed by atoms with Crippen LogP contribution in [-0.2, 0) is 6.54 Å². The third-order valence-corrected chi connectivity index (χ3v) is 5.88. The van der Waals surface area contributed by atoms with Gasteiger partial charge < -0.3 is 15.4 Å². The lowest BCUT2D eigenvalue weighted by molar-refractivity contribution is 0.0218. The molecule has 1 saturated carbocycles. The number of hydrogen-bond donors (Lipinski definition) is 3. The molecule has 0 amide bonds. The third-order valence-electron chi connectivity index (χ3n) is 5.88. The summed E-state index contributed by atoms with van der Waals surface area (Å²) in [6.45, 7) is 7.45. The second kappa shape index (κ2) is 4.81. The normalized spacial score (nSPS) is 27.5. The molecule has 0 radical (unpaired) electrons. The number of H-pyrrole nitrogens is 1. The first-order chi connectivity index (χ1) is 10.3. The molecule has 0 saturated heterocycles. The minimum atomic E-state index is -0.313. The minimum Gasteiger partial charge on any atom is -0.396 e. The van der Waals surface area contributed by atoms with Crippen molar-refractivity contribution in [3.05, 3.63) is 16.7 Å². The second-order valence-electron chi connectivity index (χ2n) is 7.20. The number of aromatic amines is 1. The molecule has 2 heterocycles. The fourth-order valence-corrected chi connectivity index (χ4v) is 3.61. The van der Waals surface area contributed by atoms with Gasteiger partial charge in [0.2, 0.25) is 5.95 Å². The Balaban J connectivity index is 1.96. The quantitative estimate of drug-likeness (QED) is 0.787. The van der Waals surface area contributed by atoms with Crippen LogP contribution < -0.4 is 11.3 Å². The van der Waals surface area contributed by atoms with Crippen molar-refractivity contribution in [1.82, 2.24) is 19.5 Å². The summed E-state index contributed by atoms with van der Waals surface area (Å²) < 4.78 is 1.90. The van der Waals surface area contributed by atoms with Crippen molar-refractivity contribution in [2.45, 2.75) is 40.2 Å². The fourth-order valence-electron chi connectivity index (χ4n) is 3.61. The van der Waals surface area contributed by atoms with Gasteiger partial charge in [-0.05, 0) is 29.6 Å². The van der Waals surface area contributed by atoms with E-state index in [2.05, 4.69) is 35.7 Å².